The zero-order chi connectivity index (χ0) is 17.8. The van der Waals surface area contributed by atoms with Crippen molar-refractivity contribution in [1.82, 2.24) is 0 Å². The summed E-state index contributed by atoms with van der Waals surface area (Å²) in [5, 5.41) is 17.9. The van der Waals surface area contributed by atoms with Crippen molar-refractivity contribution in [3.63, 3.8) is 0 Å². The Labute approximate surface area is 137 Å². The van der Waals surface area contributed by atoms with E-state index in [1.807, 2.05) is 6.07 Å². The molecular formula is C17H24O5Si. The van der Waals surface area contributed by atoms with E-state index in [4.69, 9.17) is 14.6 Å². The van der Waals surface area contributed by atoms with Crippen molar-refractivity contribution in [1.29, 1.82) is 0 Å². The van der Waals surface area contributed by atoms with E-state index in [0.717, 1.165) is 11.6 Å². The first kappa shape index (κ1) is 19.1. The van der Waals surface area contributed by atoms with Gasteiger partial charge in [-0.25, -0.2) is 9.59 Å². The molecule has 0 atom stereocenters. The van der Waals surface area contributed by atoms with Crippen LogP contribution in [-0.2, 0) is 20.6 Å². The summed E-state index contributed by atoms with van der Waals surface area (Å²) in [5.74, 6) is -2.92. The van der Waals surface area contributed by atoms with Gasteiger partial charge >= 0.3 is 11.9 Å². The molecule has 1 rings (SSSR count). The van der Waals surface area contributed by atoms with Crippen LogP contribution in [0.5, 0.6) is 0 Å². The molecule has 5 nitrogen and oxygen atoms in total. The lowest BCUT2D eigenvalue weighted by Gasteiger charge is -2.36. The van der Waals surface area contributed by atoms with Crippen LogP contribution in [0.2, 0.25) is 18.1 Å². The Morgan fingerprint density at radius 3 is 2.22 bits per heavy atom. The first-order chi connectivity index (χ1) is 10.4. The van der Waals surface area contributed by atoms with Crippen LogP contribution in [0, 0.1) is 0 Å². The summed E-state index contributed by atoms with van der Waals surface area (Å²) < 4.78 is 6.12. The van der Waals surface area contributed by atoms with E-state index in [2.05, 4.69) is 33.9 Å². The highest BCUT2D eigenvalue weighted by Crippen LogP contribution is 2.37. The second-order valence-electron chi connectivity index (χ2n) is 6.96. The molecule has 0 unspecified atom stereocenters. The van der Waals surface area contributed by atoms with Crippen LogP contribution < -0.4 is 0 Å². The van der Waals surface area contributed by atoms with Crippen molar-refractivity contribution in [2.45, 2.75) is 45.5 Å². The lowest BCUT2D eigenvalue weighted by atomic mass is 10.1. The normalized spacial score (nSPS) is 11.9. The standard InChI is InChI=1S/C17H24O5Si/c1-17(2,3)23(4,5)22-11-13-8-6-7-12(9-13)10-14(15(18)19)16(20)21/h6-10H,11H2,1-5H3,(H,18,19)(H,20,21). The third-order valence-electron chi connectivity index (χ3n) is 4.13. The van der Waals surface area contributed by atoms with Crippen LogP contribution in [0.25, 0.3) is 6.08 Å². The highest BCUT2D eigenvalue weighted by molar-refractivity contribution is 6.74. The number of rotatable bonds is 6. The summed E-state index contributed by atoms with van der Waals surface area (Å²) in [6.07, 6.45) is 1.15. The molecule has 2 N–H and O–H groups in total. The smallest absolute Gasteiger partial charge is 0.343 e. The fourth-order valence-corrected chi connectivity index (χ4v) is 2.60. The van der Waals surface area contributed by atoms with Crippen molar-refractivity contribution in [2.24, 2.45) is 0 Å². The molecule has 0 saturated carbocycles. The monoisotopic (exact) mass is 336 g/mol. The van der Waals surface area contributed by atoms with E-state index in [-0.39, 0.29) is 5.04 Å². The van der Waals surface area contributed by atoms with Gasteiger partial charge in [-0.3, -0.25) is 0 Å². The van der Waals surface area contributed by atoms with Gasteiger partial charge in [-0.05, 0) is 41.4 Å². The molecule has 0 aliphatic rings. The first-order valence-corrected chi connectivity index (χ1v) is 10.3. The van der Waals surface area contributed by atoms with Crippen molar-refractivity contribution < 1.29 is 24.2 Å². The first-order valence-electron chi connectivity index (χ1n) is 7.35. The largest absolute Gasteiger partial charge is 0.477 e. The molecule has 0 aromatic heterocycles. The number of carboxylic acid groups (broad SMARTS) is 2. The van der Waals surface area contributed by atoms with Crippen LogP contribution in [0.15, 0.2) is 29.8 Å². The minimum Gasteiger partial charge on any atom is -0.477 e. The molecule has 1 aromatic carbocycles. The van der Waals surface area contributed by atoms with E-state index in [0.29, 0.717) is 12.2 Å². The second-order valence-corrected chi connectivity index (χ2v) is 11.8. The van der Waals surface area contributed by atoms with Gasteiger partial charge in [0.15, 0.2) is 8.32 Å². The molecular weight excluding hydrogens is 312 g/mol. The van der Waals surface area contributed by atoms with Gasteiger partial charge in [0.1, 0.15) is 5.57 Å². The van der Waals surface area contributed by atoms with Crippen LogP contribution in [0.1, 0.15) is 31.9 Å². The predicted molar refractivity (Wildman–Crippen MR) is 91.7 cm³/mol. The zero-order valence-electron chi connectivity index (χ0n) is 14.2. The minimum absolute atomic E-state index is 0.101. The molecule has 0 aliphatic heterocycles. The third kappa shape index (κ3) is 5.33. The molecule has 0 saturated heterocycles. The van der Waals surface area contributed by atoms with Crippen molar-refractivity contribution in [3.8, 4) is 0 Å². The zero-order valence-corrected chi connectivity index (χ0v) is 15.2. The summed E-state index contributed by atoms with van der Waals surface area (Å²) in [5.41, 5.74) is 0.757. The fourth-order valence-electron chi connectivity index (χ4n) is 1.63. The quantitative estimate of drug-likeness (QED) is 0.358. The van der Waals surface area contributed by atoms with E-state index >= 15 is 0 Å². The van der Waals surface area contributed by atoms with Crippen LogP contribution in [-0.4, -0.2) is 30.5 Å². The number of carbonyl (C=O) groups is 2. The highest BCUT2D eigenvalue weighted by atomic mass is 28.4. The molecule has 126 valence electrons. The van der Waals surface area contributed by atoms with Gasteiger partial charge in [0, 0.05) is 0 Å². The molecule has 0 spiro atoms. The minimum atomic E-state index is -1.88. The van der Waals surface area contributed by atoms with Crippen LogP contribution in [0.4, 0.5) is 0 Å². The van der Waals surface area contributed by atoms with Gasteiger partial charge in [0.2, 0.25) is 0 Å². The lowest BCUT2D eigenvalue weighted by molar-refractivity contribution is -0.140. The number of aliphatic carboxylic acids is 2. The Kier molecular flexibility index (Phi) is 5.90. The fraction of sp³-hybridized carbons (Fsp3) is 0.412. The molecule has 1 aromatic rings. The van der Waals surface area contributed by atoms with Crippen molar-refractivity contribution >= 4 is 26.3 Å². The van der Waals surface area contributed by atoms with Gasteiger partial charge in [0.25, 0.3) is 0 Å². The number of hydrogen-bond donors (Lipinski definition) is 2. The molecule has 0 radical (unpaired) electrons. The molecule has 0 aliphatic carbocycles. The molecule has 23 heavy (non-hydrogen) atoms. The highest BCUT2D eigenvalue weighted by Gasteiger charge is 2.36. The summed E-state index contributed by atoms with van der Waals surface area (Å²) >= 11 is 0. The van der Waals surface area contributed by atoms with E-state index < -0.39 is 25.8 Å². The topological polar surface area (TPSA) is 83.8 Å². The lowest BCUT2D eigenvalue weighted by Crippen LogP contribution is -2.40. The molecule has 0 amide bonds. The SMILES string of the molecule is CC(C)(C)[Si](C)(C)OCc1cccc(C=C(C(=O)O)C(=O)O)c1. The van der Waals surface area contributed by atoms with E-state index in [1.54, 1.807) is 18.2 Å². The molecule has 0 fully saturated rings. The maximum atomic E-state index is 10.9. The maximum absolute atomic E-state index is 10.9. The van der Waals surface area contributed by atoms with Crippen LogP contribution >= 0.6 is 0 Å². The number of hydrogen-bond acceptors (Lipinski definition) is 3. The Morgan fingerprint density at radius 1 is 1.17 bits per heavy atom. The van der Waals surface area contributed by atoms with Crippen LogP contribution in [0.3, 0.4) is 0 Å². The average molecular weight is 336 g/mol. The van der Waals surface area contributed by atoms with E-state index in [9.17, 15) is 9.59 Å². The van der Waals surface area contributed by atoms with E-state index in [1.165, 1.54) is 0 Å². The second kappa shape index (κ2) is 7.10. The Hall–Kier alpha value is -1.92. The average Bonchev–Trinajstić information content (AvgIpc) is 2.41. The number of benzene rings is 1. The third-order valence-corrected chi connectivity index (χ3v) is 8.61. The Morgan fingerprint density at radius 2 is 1.74 bits per heavy atom. The van der Waals surface area contributed by atoms with Gasteiger partial charge in [-0.1, -0.05) is 39.0 Å². The Balaban J connectivity index is 2.96. The van der Waals surface area contributed by atoms with Crippen molar-refractivity contribution in [2.75, 3.05) is 0 Å². The van der Waals surface area contributed by atoms with Gasteiger partial charge < -0.3 is 14.6 Å². The molecule has 6 heteroatoms. The Bertz CT molecular complexity index is 610. The summed E-state index contributed by atoms with van der Waals surface area (Å²) in [4.78, 5) is 21.9. The summed E-state index contributed by atoms with van der Waals surface area (Å²) in [6.45, 7) is 11.2. The maximum Gasteiger partial charge on any atom is 0.343 e. The van der Waals surface area contributed by atoms with Gasteiger partial charge in [-0.15, -0.1) is 0 Å². The molecule has 0 bridgehead atoms. The van der Waals surface area contributed by atoms with Crippen molar-refractivity contribution in [3.05, 3.63) is 41.0 Å². The summed E-state index contributed by atoms with van der Waals surface area (Å²) in [7, 11) is -1.88. The predicted octanol–water partition coefficient (Wildman–Crippen LogP) is 3.76. The van der Waals surface area contributed by atoms with Gasteiger partial charge in [0.05, 0.1) is 6.61 Å². The van der Waals surface area contributed by atoms with Gasteiger partial charge in [-0.2, -0.15) is 0 Å². The molecule has 0 heterocycles. The summed E-state index contributed by atoms with van der Waals surface area (Å²) in [6, 6.07) is 7.06. The number of carboxylic acids is 2.